The molecule has 24 heavy (non-hydrogen) atoms. The van der Waals surface area contributed by atoms with Gasteiger partial charge >= 0.3 is 0 Å². The van der Waals surface area contributed by atoms with Crippen LogP contribution in [0.4, 0.5) is 5.69 Å². The molecule has 0 aliphatic heterocycles. The zero-order valence-corrected chi connectivity index (χ0v) is 14.7. The summed E-state index contributed by atoms with van der Waals surface area (Å²) >= 11 is 1.78. The van der Waals surface area contributed by atoms with Crippen molar-refractivity contribution in [3.05, 3.63) is 62.3 Å². The summed E-state index contributed by atoms with van der Waals surface area (Å²) in [4.78, 5) is 15.8. The highest BCUT2D eigenvalue weighted by molar-refractivity contribution is 7.09. The monoisotopic (exact) mass is 346 g/mol. The Morgan fingerprint density at radius 3 is 2.62 bits per heavy atom. The van der Waals surface area contributed by atoms with Crippen molar-refractivity contribution in [2.45, 2.75) is 19.9 Å². The topological polar surface area (TPSA) is 79.6 Å². The maximum absolute atomic E-state index is 10.6. The van der Waals surface area contributed by atoms with Gasteiger partial charge in [0.05, 0.1) is 4.92 Å². The van der Waals surface area contributed by atoms with E-state index in [1.165, 1.54) is 17.0 Å². The van der Waals surface area contributed by atoms with E-state index >= 15 is 0 Å². The molecule has 7 heteroatoms. The molecule has 1 heterocycles. The highest BCUT2D eigenvalue weighted by atomic mass is 32.1. The summed E-state index contributed by atoms with van der Waals surface area (Å²) in [5.74, 6) is 1.23. The van der Waals surface area contributed by atoms with Crippen LogP contribution in [0.25, 0.3) is 0 Å². The number of rotatable bonds is 7. The maximum atomic E-state index is 10.6. The number of nitrogens with zero attached hydrogens (tertiary/aromatic N) is 2. The molecular weight excluding hydrogens is 324 g/mol. The van der Waals surface area contributed by atoms with Crippen LogP contribution in [0.15, 0.2) is 46.8 Å². The van der Waals surface area contributed by atoms with E-state index in [0.717, 1.165) is 24.5 Å². The molecule has 2 N–H and O–H groups in total. The van der Waals surface area contributed by atoms with Crippen molar-refractivity contribution in [1.82, 2.24) is 10.6 Å². The minimum Gasteiger partial charge on any atom is -0.356 e. The molecule has 0 spiro atoms. The van der Waals surface area contributed by atoms with Crippen LogP contribution in [0.5, 0.6) is 0 Å². The van der Waals surface area contributed by atoms with Crippen molar-refractivity contribution in [3.63, 3.8) is 0 Å². The number of guanidine groups is 1. The van der Waals surface area contributed by atoms with E-state index in [4.69, 9.17) is 0 Å². The Morgan fingerprint density at radius 1 is 1.29 bits per heavy atom. The quantitative estimate of drug-likeness (QED) is 0.349. The van der Waals surface area contributed by atoms with Crippen molar-refractivity contribution in [3.8, 4) is 0 Å². The second-order valence-corrected chi connectivity index (χ2v) is 6.65. The SMILES string of the molecule is CN=C(NCc1ccc([N+](=O)[O-])cc1)NCC(C)Cc1cccs1. The third kappa shape index (κ3) is 5.66. The van der Waals surface area contributed by atoms with Crippen LogP contribution in [0.3, 0.4) is 0 Å². The zero-order valence-electron chi connectivity index (χ0n) is 13.9. The number of nitrogens with one attached hydrogen (secondary N) is 2. The third-order valence-corrected chi connectivity index (χ3v) is 4.48. The van der Waals surface area contributed by atoms with Crippen molar-refractivity contribution in [1.29, 1.82) is 0 Å². The van der Waals surface area contributed by atoms with Gasteiger partial charge < -0.3 is 10.6 Å². The molecule has 1 atom stereocenters. The average molecular weight is 346 g/mol. The highest BCUT2D eigenvalue weighted by Crippen LogP contribution is 2.14. The van der Waals surface area contributed by atoms with Gasteiger partial charge in [-0.15, -0.1) is 11.3 Å². The molecule has 0 aliphatic rings. The van der Waals surface area contributed by atoms with Crippen LogP contribution in [0.2, 0.25) is 0 Å². The van der Waals surface area contributed by atoms with Crippen LogP contribution in [0.1, 0.15) is 17.4 Å². The molecule has 0 bridgehead atoms. The Labute approximate surface area is 145 Å². The van der Waals surface area contributed by atoms with Gasteiger partial charge in [0, 0.05) is 37.1 Å². The average Bonchev–Trinajstić information content (AvgIpc) is 3.08. The fraction of sp³-hybridized carbons (Fsp3) is 0.353. The first-order chi connectivity index (χ1) is 11.6. The Hall–Kier alpha value is -2.41. The first kappa shape index (κ1) is 17.9. The first-order valence-corrected chi connectivity index (χ1v) is 8.66. The molecule has 1 aromatic carbocycles. The van der Waals surface area contributed by atoms with E-state index < -0.39 is 4.92 Å². The molecule has 1 aromatic heterocycles. The van der Waals surface area contributed by atoms with Crippen molar-refractivity contribution in [2.24, 2.45) is 10.9 Å². The largest absolute Gasteiger partial charge is 0.356 e. The van der Waals surface area contributed by atoms with Crippen molar-refractivity contribution >= 4 is 23.0 Å². The van der Waals surface area contributed by atoms with Crippen molar-refractivity contribution in [2.75, 3.05) is 13.6 Å². The molecule has 0 amide bonds. The molecule has 0 saturated carbocycles. The number of nitro benzene ring substituents is 1. The lowest BCUT2D eigenvalue weighted by molar-refractivity contribution is -0.384. The minimum absolute atomic E-state index is 0.101. The molecule has 2 rings (SSSR count). The van der Waals surface area contributed by atoms with Gasteiger partial charge in [-0.3, -0.25) is 15.1 Å². The summed E-state index contributed by atoms with van der Waals surface area (Å²) in [6, 6.07) is 10.7. The van der Waals surface area contributed by atoms with Gasteiger partial charge in [0.2, 0.25) is 0 Å². The molecule has 2 aromatic rings. The fourth-order valence-electron chi connectivity index (χ4n) is 2.26. The number of thiophene rings is 1. The molecule has 6 nitrogen and oxygen atoms in total. The molecule has 128 valence electrons. The predicted molar refractivity (Wildman–Crippen MR) is 98.5 cm³/mol. The van der Waals surface area contributed by atoms with E-state index in [0.29, 0.717) is 12.5 Å². The summed E-state index contributed by atoms with van der Waals surface area (Å²) < 4.78 is 0. The Balaban J connectivity index is 1.76. The van der Waals surface area contributed by atoms with Gasteiger partial charge in [-0.2, -0.15) is 0 Å². The highest BCUT2D eigenvalue weighted by Gasteiger charge is 2.07. The minimum atomic E-state index is -0.396. The number of hydrogen-bond donors (Lipinski definition) is 2. The molecular formula is C17H22N4O2S. The summed E-state index contributed by atoms with van der Waals surface area (Å²) in [5.41, 5.74) is 1.07. The first-order valence-electron chi connectivity index (χ1n) is 7.78. The van der Waals surface area contributed by atoms with Crippen LogP contribution < -0.4 is 10.6 Å². The number of aliphatic imine (C=N–C) groups is 1. The normalized spacial score (nSPS) is 12.7. The standard InChI is InChI=1S/C17H22N4O2S/c1-13(10-16-4-3-9-24-16)11-19-17(18-2)20-12-14-5-7-15(8-6-14)21(22)23/h3-9,13H,10-12H2,1-2H3,(H2,18,19,20). The van der Waals surface area contributed by atoms with E-state index in [1.54, 1.807) is 30.5 Å². The number of hydrogen-bond acceptors (Lipinski definition) is 4. The van der Waals surface area contributed by atoms with Crippen LogP contribution in [-0.2, 0) is 13.0 Å². The fourth-order valence-corrected chi connectivity index (χ4v) is 3.13. The molecule has 0 aliphatic carbocycles. The summed E-state index contributed by atoms with van der Waals surface area (Å²) in [7, 11) is 1.73. The van der Waals surface area contributed by atoms with Gasteiger partial charge in [0.25, 0.3) is 5.69 Å². The van der Waals surface area contributed by atoms with Crippen LogP contribution >= 0.6 is 11.3 Å². The van der Waals surface area contributed by atoms with Crippen molar-refractivity contribution < 1.29 is 4.92 Å². The van der Waals surface area contributed by atoms with Crippen LogP contribution in [0, 0.1) is 16.0 Å². The predicted octanol–water partition coefficient (Wildman–Crippen LogP) is 3.20. The number of benzene rings is 1. The lowest BCUT2D eigenvalue weighted by atomic mass is 10.1. The number of nitro groups is 1. The van der Waals surface area contributed by atoms with E-state index in [2.05, 4.69) is 40.1 Å². The lowest BCUT2D eigenvalue weighted by Crippen LogP contribution is -2.39. The number of non-ortho nitro benzene ring substituents is 1. The summed E-state index contributed by atoms with van der Waals surface area (Å²) in [5, 5.41) is 19.3. The smallest absolute Gasteiger partial charge is 0.269 e. The lowest BCUT2D eigenvalue weighted by Gasteiger charge is -2.15. The van der Waals surface area contributed by atoms with E-state index in [1.807, 2.05) is 0 Å². The third-order valence-electron chi connectivity index (χ3n) is 3.58. The Bertz CT molecular complexity index is 668. The molecule has 1 unspecified atom stereocenters. The van der Waals surface area contributed by atoms with Gasteiger partial charge in [0.1, 0.15) is 0 Å². The zero-order chi connectivity index (χ0) is 17.4. The van der Waals surface area contributed by atoms with Gasteiger partial charge in [-0.1, -0.05) is 25.1 Å². The van der Waals surface area contributed by atoms with E-state index in [9.17, 15) is 10.1 Å². The molecule has 0 radical (unpaired) electrons. The van der Waals surface area contributed by atoms with E-state index in [-0.39, 0.29) is 5.69 Å². The summed E-state index contributed by atoms with van der Waals surface area (Å²) in [6.07, 6.45) is 1.05. The van der Waals surface area contributed by atoms with Gasteiger partial charge in [-0.25, -0.2) is 0 Å². The Morgan fingerprint density at radius 2 is 2.04 bits per heavy atom. The molecule has 0 saturated heterocycles. The molecule has 0 fully saturated rings. The van der Waals surface area contributed by atoms with Crippen LogP contribution in [-0.4, -0.2) is 24.5 Å². The van der Waals surface area contributed by atoms with Gasteiger partial charge in [-0.05, 0) is 29.3 Å². The maximum Gasteiger partial charge on any atom is 0.269 e. The Kier molecular flexibility index (Phi) is 6.74. The second kappa shape index (κ2) is 9.02. The summed E-state index contributed by atoms with van der Waals surface area (Å²) in [6.45, 7) is 3.60. The van der Waals surface area contributed by atoms with Gasteiger partial charge in [0.15, 0.2) is 5.96 Å². The second-order valence-electron chi connectivity index (χ2n) is 5.62.